The van der Waals surface area contributed by atoms with Gasteiger partial charge in [-0.15, -0.1) is 0 Å². The molecule has 0 heterocycles. The summed E-state index contributed by atoms with van der Waals surface area (Å²) in [6.07, 6.45) is 0. The topological polar surface area (TPSA) is 113 Å². The fourth-order valence-corrected chi connectivity index (χ4v) is 2.71. The van der Waals surface area contributed by atoms with Crippen LogP contribution in [0.4, 0.5) is 21.9 Å². The van der Waals surface area contributed by atoms with Crippen molar-refractivity contribution in [3.05, 3.63) is 101 Å². The number of urea groups is 1. The zero-order valence-electron chi connectivity index (χ0n) is 15.2. The van der Waals surface area contributed by atoms with Crippen molar-refractivity contribution in [1.29, 1.82) is 0 Å². The Hall–Kier alpha value is -4.20. The Bertz CT molecular complexity index is 1010. The summed E-state index contributed by atoms with van der Waals surface area (Å²) in [6.45, 7) is 0. The van der Waals surface area contributed by atoms with E-state index in [0.29, 0.717) is 11.3 Å². The molecule has 3 aromatic rings. The van der Waals surface area contributed by atoms with Crippen LogP contribution in [0.3, 0.4) is 0 Å². The molecule has 1 unspecified atom stereocenters. The average Bonchev–Trinajstić information content (AvgIpc) is 2.73. The average molecular weight is 390 g/mol. The summed E-state index contributed by atoms with van der Waals surface area (Å²) in [7, 11) is 0. The summed E-state index contributed by atoms with van der Waals surface area (Å²) in [5, 5.41) is 18.9. The minimum absolute atomic E-state index is 0.0327. The van der Waals surface area contributed by atoms with Crippen LogP contribution in [-0.2, 0) is 4.79 Å². The maximum atomic E-state index is 12.8. The zero-order chi connectivity index (χ0) is 20.6. The molecule has 0 fully saturated rings. The number of nitro groups is 1. The van der Waals surface area contributed by atoms with Gasteiger partial charge in [-0.2, -0.15) is 0 Å². The van der Waals surface area contributed by atoms with Crippen molar-refractivity contribution in [3.63, 3.8) is 0 Å². The largest absolute Gasteiger partial charge is 0.324 e. The monoisotopic (exact) mass is 390 g/mol. The number of carbonyl (C=O) groups is 2. The molecule has 3 aromatic carbocycles. The van der Waals surface area contributed by atoms with Crippen LogP contribution < -0.4 is 16.0 Å². The van der Waals surface area contributed by atoms with Gasteiger partial charge in [0.05, 0.1) is 4.92 Å². The Morgan fingerprint density at radius 3 is 2.03 bits per heavy atom. The number of hydrogen-bond donors (Lipinski definition) is 3. The molecule has 0 saturated heterocycles. The number of nitro benzene ring substituents is 1. The van der Waals surface area contributed by atoms with E-state index in [0.717, 1.165) is 0 Å². The highest BCUT2D eigenvalue weighted by atomic mass is 16.6. The summed E-state index contributed by atoms with van der Waals surface area (Å²) >= 11 is 0. The number of hydrogen-bond acceptors (Lipinski definition) is 4. The normalized spacial score (nSPS) is 11.2. The molecule has 8 heteroatoms. The fraction of sp³-hybridized carbons (Fsp3) is 0.0476. The second kappa shape index (κ2) is 9.14. The van der Waals surface area contributed by atoms with Crippen LogP contribution in [0.25, 0.3) is 0 Å². The summed E-state index contributed by atoms with van der Waals surface area (Å²) in [5.41, 5.74) is 0.941. The quantitative estimate of drug-likeness (QED) is 0.434. The van der Waals surface area contributed by atoms with Gasteiger partial charge in [0, 0.05) is 11.8 Å². The van der Waals surface area contributed by atoms with Crippen LogP contribution in [0, 0.1) is 10.1 Å². The number of anilines is 2. The molecule has 0 spiro atoms. The molecular formula is C21H18N4O4. The maximum Gasteiger partial charge on any atom is 0.320 e. The molecule has 0 aliphatic carbocycles. The third-order valence-electron chi connectivity index (χ3n) is 4.06. The minimum atomic E-state index is -1.00. The van der Waals surface area contributed by atoms with Crippen LogP contribution in [0.5, 0.6) is 0 Å². The van der Waals surface area contributed by atoms with E-state index in [9.17, 15) is 19.7 Å². The third kappa shape index (κ3) is 5.16. The van der Waals surface area contributed by atoms with Gasteiger partial charge in [-0.3, -0.25) is 14.9 Å². The van der Waals surface area contributed by atoms with Gasteiger partial charge in [0.25, 0.3) is 11.6 Å². The summed E-state index contributed by atoms with van der Waals surface area (Å²) < 4.78 is 0. The third-order valence-corrected chi connectivity index (χ3v) is 4.06. The molecule has 3 amide bonds. The predicted octanol–water partition coefficient (Wildman–Crippen LogP) is 4.10. The molecular weight excluding hydrogens is 372 g/mol. The van der Waals surface area contributed by atoms with E-state index < -0.39 is 22.9 Å². The van der Waals surface area contributed by atoms with Crippen molar-refractivity contribution in [2.45, 2.75) is 6.04 Å². The molecule has 0 aromatic heterocycles. The van der Waals surface area contributed by atoms with Gasteiger partial charge >= 0.3 is 6.03 Å². The maximum absolute atomic E-state index is 12.8. The lowest BCUT2D eigenvalue weighted by Gasteiger charge is -2.19. The van der Waals surface area contributed by atoms with Crippen molar-refractivity contribution < 1.29 is 14.5 Å². The first-order valence-corrected chi connectivity index (χ1v) is 8.76. The molecule has 3 N–H and O–H groups in total. The van der Waals surface area contributed by atoms with E-state index in [-0.39, 0.29) is 11.4 Å². The van der Waals surface area contributed by atoms with E-state index in [1.54, 1.807) is 60.7 Å². The second-order valence-electron chi connectivity index (χ2n) is 6.07. The highest BCUT2D eigenvalue weighted by Crippen LogP contribution is 2.23. The lowest BCUT2D eigenvalue weighted by molar-refractivity contribution is -0.383. The van der Waals surface area contributed by atoms with Gasteiger partial charge in [-0.25, -0.2) is 4.79 Å². The number of nitrogens with one attached hydrogen (secondary N) is 3. The Labute approximate surface area is 166 Å². The van der Waals surface area contributed by atoms with Crippen LogP contribution in [0.15, 0.2) is 84.9 Å². The number of para-hydroxylation sites is 3. The summed E-state index contributed by atoms with van der Waals surface area (Å²) in [6, 6.07) is 21.6. The fourth-order valence-electron chi connectivity index (χ4n) is 2.71. The Balaban J connectivity index is 1.79. The molecule has 0 aliphatic rings. The highest BCUT2D eigenvalue weighted by molar-refractivity contribution is 6.00. The molecule has 0 radical (unpaired) electrons. The number of benzene rings is 3. The van der Waals surface area contributed by atoms with Crippen LogP contribution >= 0.6 is 0 Å². The molecule has 8 nitrogen and oxygen atoms in total. The lowest BCUT2D eigenvalue weighted by Crippen LogP contribution is -2.39. The molecule has 146 valence electrons. The number of amides is 3. The SMILES string of the molecule is O=C(Nc1ccccc1[N+](=O)[O-])NC(C(=O)Nc1ccccc1)c1ccccc1. The Morgan fingerprint density at radius 2 is 1.38 bits per heavy atom. The number of carbonyl (C=O) groups excluding carboxylic acids is 2. The summed E-state index contributed by atoms with van der Waals surface area (Å²) in [5.74, 6) is -0.444. The van der Waals surface area contributed by atoms with Crippen LogP contribution in [0.1, 0.15) is 11.6 Å². The van der Waals surface area contributed by atoms with Crippen molar-refractivity contribution in [2.24, 2.45) is 0 Å². The molecule has 0 bridgehead atoms. The zero-order valence-corrected chi connectivity index (χ0v) is 15.2. The first-order valence-electron chi connectivity index (χ1n) is 8.76. The van der Waals surface area contributed by atoms with Crippen molar-refractivity contribution in [2.75, 3.05) is 10.6 Å². The molecule has 0 aliphatic heterocycles. The van der Waals surface area contributed by atoms with E-state index in [1.165, 1.54) is 18.2 Å². The minimum Gasteiger partial charge on any atom is -0.324 e. The number of nitrogens with zero attached hydrogens (tertiary/aromatic N) is 1. The van der Waals surface area contributed by atoms with Gasteiger partial charge in [-0.1, -0.05) is 60.7 Å². The molecule has 1 atom stereocenters. The van der Waals surface area contributed by atoms with Gasteiger partial charge in [0.1, 0.15) is 11.7 Å². The van der Waals surface area contributed by atoms with Crippen molar-refractivity contribution in [3.8, 4) is 0 Å². The van der Waals surface area contributed by atoms with Gasteiger partial charge in [0.2, 0.25) is 0 Å². The van der Waals surface area contributed by atoms with E-state index in [1.807, 2.05) is 6.07 Å². The Kier molecular flexibility index (Phi) is 6.16. The van der Waals surface area contributed by atoms with Gasteiger partial charge in [-0.05, 0) is 23.8 Å². The van der Waals surface area contributed by atoms with Crippen molar-refractivity contribution in [1.82, 2.24) is 5.32 Å². The molecule has 29 heavy (non-hydrogen) atoms. The van der Waals surface area contributed by atoms with E-state index in [2.05, 4.69) is 16.0 Å². The van der Waals surface area contributed by atoms with Crippen LogP contribution in [-0.4, -0.2) is 16.9 Å². The predicted molar refractivity (Wildman–Crippen MR) is 110 cm³/mol. The van der Waals surface area contributed by atoms with E-state index in [4.69, 9.17) is 0 Å². The lowest BCUT2D eigenvalue weighted by atomic mass is 10.1. The first kappa shape index (κ1) is 19.6. The van der Waals surface area contributed by atoms with Crippen molar-refractivity contribution >= 4 is 29.0 Å². The van der Waals surface area contributed by atoms with Gasteiger partial charge in [0.15, 0.2) is 0 Å². The molecule has 0 saturated carbocycles. The smallest absolute Gasteiger partial charge is 0.320 e. The van der Waals surface area contributed by atoms with Gasteiger partial charge < -0.3 is 16.0 Å². The number of rotatable bonds is 6. The standard InChI is InChI=1S/C21H18N4O4/c26-20(22-16-11-5-2-6-12-16)19(15-9-3-1-4-10-15)24-21(27)23-17-13-7-8-14-18(17)25(28)29/h1-14,19H,(H,22,26)(H2,23,24,27). The van der Waals surface area contributed by atoms with E-state index >= 15 is 0 Å². The Morgan fingerprint density at radius 1 is 0.793 bits per heavy atom. The highest BCUT2D eigenvalue weighted by Gasteiger charge is 2.24. The second-order valence-corrected chi connectivity index (χ2v) is 6.07. The summed E-state index contributed by atoms with van der Waals surface area (Å²) in [4.78, 5) is 35.9. The first-order chi connectivity index (χ1) is 14.0. The molecule has 3 rings (SSSR count). The van der Waals surface area contributed by atoms with Crippen LogP contribution in [0.2, 0.25) is 0 Å².